The number of rotatable bonds is 3. The Bertz CT molecular complexity index is 608. The van der Waals surface area contributed by atoms with Crippen molar-refractivity contribution >= 4 is 11.6 Å². The van der Waals surface area contributed by atoms with Gasteiger partial charge in [-0.2, -0.15) is 0 Å². The van der Waals surface area contributed by atoms with Crippen molar-refractivity contribution in [3.05, 3.63) is 29.8 Å². The summed E-state index contributed by atoms with van der Waals surface area (Å²) >= 11 is 0. The first-order valence-electron chi connectivity index (χ1n) is 8.62. The maximum Gasteiger partial charge on any atom is 0.247 e. The van der Waals surface area contributed by atoms with E-state index in [1.54, 1.807) is 0 Å². The molecule has 2 saturated heterocycles. The number of hydrogen-bond acceptors (Lipinski definition) is 4. The van der Waals surface area contributed by atoms with Crippen molar-refractivity contribution in [2.75, 3.05) is 32.2 Å². The van der Waals surface area contributed by atoms with Crippen LogP contribution in [-0.2, 0) is 10.3 Å². The van der Waals surface area contributed by atoms with Gasteiger partial charge in [0.1, 0.15) is 6.04 Å². The molecule has 1 aromatic carbocycles. The standard InChI is InChI=1S/C18H26N4O/c1-20(2)18(9-3-10-18)13-4-6-14(7-5-13)22-12-21-11-8-15(19)16(21)17(22)23/h4-7,15-16H,3,8-12,19H2,1-2H3/t15-,16+/m1/s1. The largest absolute Gasteiger partial charge is 0.326 e. The van der Waals surface area contributed by atoms with Crippen LogP contribution >= 0.6 is 0 Å². The van der Waals surface area contributed by atoms with Crippen LogP contribution in [-0.4, -0.2) is 55.1 Å². The Morgan fingerprint density at radius 3 is 2.43 bits per heavy atom. The van der Waals surface area contributed by atoms with E-state index in [-0.39, 0.29) is 23.5 Å². The number of fused-ring (bicyclic) bond motifs is 1. The molecule has 5 heteroatoms. The first-order chi connectivity index (χ1) is 11.0. The Labute approximate surface area is 138 Å². The van der Waals surface area contributed by atoms with Crippen LogP contribution in [0.15, 0.2) is 24.3 Å². The number of nitrogens with two attached hydrogens (primary N) is 1. The third kappa shape index (κ3) is 2.14. The summed E-state index contributed by atoms with van der Waals surface area (Å²) in [6.07, 6.45) is 4.65. The lowest BCUT2D eigenvalue weighted by atomic mass is 9.71. The van der Waals surface area contributed by atoms with Crippen molar-refractivity contribution in [1.29, 1.82) is 0 Å². The van der Waals surface area contributed by atoms with Gasteiger partial charge in [0, 0.05) is 23.8 Å². The molecule has 0 bridgehead atoms. The highest BCUT2D eigenvalue weighted by molar-refractivity contribution is 6.00. The lowest BCUT2D eigenvalue weighted by Gasteiger charge is -2.48. The monoisotopic (exact) mass is 314 g/mol. The van der Waals surface area contributed by atoms with Crippen LogP contribution < -0.4 is 10.6 Å². The van der Waals surface area contributed by atoms with E-state index in [9.17, 15) is 4.79 Å². The Morgan fingerprint density at radius 2 is 1.91 bits per heavy atom. The number of anilines is 1. The molecule has 2 N–H and O–H groups in total. The third-order valence-electron chi connectivity index (χ3n) is 6.14. The summed E-state index contributed by atoms with van der Waals surface area (Å²) < 4.78 is 0. The Hall–Kier alpha value is -1.43. The van der Waals surface area contributed by atoms with Crippen molar-refractivity contribution < 1.29 is 4.79 Å². The van der Waals surface area contributed by atoms with Crippen molar-refractivity contribution in [1.82, 2.24) is 9.80 Å². The lowest BCUT2D eigenvalue weighted by molar-refractivity contribution is -0.119. The van der Waals surface area contributed by atoms with E-state index >= 15 is 0 Å². The van der Waals surface area contributed by atoms with Crippen LogP contribution in [0.2, 0.25) is 0 Å². The van der Waals surface area contributed by atoms with Crippen LogP contribution in [0.1, 0.15) is 31.2 Å². The Kier molecular flexibility index (Phi) is 3.48. The van der Waals surface area contributed by atoms with E-state index in [0.717, 1.165) is 18.7 Å². The van der Waals surface area contributed by atoms with Crippen molar-refractivity contribution in [3.8, 4) is 0 Å². The molecule has 124 valence electrons. The van der Waals surface area contributed by atoms with Gasteiger partial charge >= 0.3 is 0 Å². The predicted molar refractivity (Wildman–Crippen MR) is 91.1 cm³/mol. The molecule has 4 rings (SSSR count). The first-order valence-corrected chi connectivity index (χ1v) is 8.62. The van der Waals surface area contributed by atoms with Gasteiger partial charge < -0.3 is 5.73 Å². The van der Waals surface area contributed by atoms with Crippen molar-refractivity contribution in [2.24, 2.45) is 5.73 Å². The maximum absolute atomic E-state index is 12.7. The summed E-state index contributed by atoms with van der Waals surface area (Å²) in [5.41, 5.74) is 8.64. The van der Waals surface area contributed by atoms with Gasteiger partial charge in [-0.1, -0.05) is 12.1 Å². The van der Waals surface area contributed by atoms with Gasteiger partial charge in [0.2, 0.25) is 5.91 Å². The van der Waals surface area contributed by atoms with E-state index in [1.807, 2.05) is 4.90 Å². The third-order valence-corrected chi connectivity index (χ3v) is 6.14. The number of hydrogen-bond donors (Lipinski definition) is 1. The van der Waals surface area contributed by atoms with E-state index in [4.69, 9.17) is 5.73 Å². The molecule has 2 atom stereocenters. The molecule has 3 aliphatic rings. The van der Waals surface area contributed by atoms with Crippen LogP contribution in [0, 0.1) is 0 Å². The normalized spacial score (nSPS) is 29.9. The molecule has 2 aliphatic heterocycles. The van der Waals surface area contributed by atoms with Crippen LogP contribution in [0.25, 0.3) is 0 Å². The molecular weight excluding hydrogens is 288 g/mol. The quantitative estimate of drug-likeness (QED) is 0.914. The van der Waals surface area contributed by atoms with E-state index in [1.165, 1.54) is 24.8 Å². The van der Waals surface area contributed by atoms with E-state index < -0.39 is 0 Å². The van der Waals surface area contributed by atoms with Crippen LogP contribution in [0.3, 0.4) is 0 Å². The van der Waals surface area contributed by atoms with Crippen LogP contribution in [0.4, 0.5) is 5.69 Å². The molecule has 0 aromatic heterocycles. The summed E-state index contributed by atoms with van der Waals surface area (Å²) in [5, 5.41) is 0. The number of nitrogens with zero attached hydrogens (tertiary/aromatic N) is 3. The van der Waals surface area contributed by atoms with Gasteiger partial charge in [-0.05, 0) is 57.5 Å². The maximum atomic E-state index is 12.7. The van der Waals surface area contributed by atoms with Gasteiger partial charge in [-0.3, -0.25) is 19.5 Å². The average molecular weight is 314 g/mol. The fourth-order valence-electron chi connectivity index (χ4n) is 4.46. The molecule has 0 unspecified atom stereocenters. The molecule has 0 spiro atoms. The number of carbonyl (C=O) groups is 1. The second-order valence-corrected chi connectivity index (χ2v) is 7.44. The fourth-order valence-corrected chi connectivity index (χ4v) is 4.46. The SMILES string of the molecule is CN(C)C1(c2ccc(N3CN4CC[C@@H](N)[C@H]4C3=O)cc2)CCC1. The highest BCUT2D eigenvalue weighted by Crippen LogP contribution is 2.45. The lowest BCUT2D eigenvalue weighted by Crippen LogP contribution is -2.47. The summed E-state index contributed by atoms with van der Waals surface area (Å²) in [4.78, 5) is 19.1. The smallest absolute Gasteiger partial charge is 0.247 e. The summed E-state index contributed by atoms with van der Waals surface area (Å²) in [5.74, 6) is 0.161. The number of benzene rings is 1. The van der Waals surface area contributed by atoms with Gasteiger partial charge in [-0.25, -0.2) is 0 Å². The minimum Gasteiger partial charge on any atom is -0.326 e. The molecule has 0 radical (unpaired) electrons. The zero-order valence-corrected chi connectivity index (χ0v) is 14.0. The zero-order chi connectivity index (χ0) is 16.2. The van der Waals surface area contributed by atoms with E-state index in [0.29, 0.717) is 6.67 Å². The zero-order valence-electron chi connectivity index (χ0n) is 14.0. The molecule has 1 aromatic rings. The average Bonchev–Trinajstić information content (AvgIpc) is 3.00. The molecule has 5 nitrogen and oxygen atoms in total. The molecule has 1 saturated carbocycles. The molecule has 1 aliphatic carbocycles. The predicted octanol–water partition coefficient (Wildman–Crippen LogP) is 1.33. The minimum absolute atomic E-state index is 0.0150. The fraction of sp³-hybridized carbons (Fsp3) is 0.611. The van der Waals surface area contributed by atoms with Gasteiger partial charge in [0.15, 0.2) is 0 Å². The number of amides is 1. The summed E-state index contributed by atoms with van der Waals surface area (Å²) in [6, 6.07) is 8.47. The minimum atomic E-state index is -0.116. The first kappa shape index (κ1) is 15.1. The van der Waals surface area contributed by atoms with Gasteiger partial charge in [0.05, 0.1) is 6.67 Å². The van der Waals surface area contributed by atoms with Crippen LogP contribution in [0.5, 0.6) is 0 Å². The molecule has 1 amide bonds. The van der Waals surface area contributed by atoms with Crippen molar-refractivity contribution in [3.63, 3.8) is 0 Å². The Balaban J connectivity index is 1.56. The van der Waals surface area contributed by atoms with Gasteiger partial charge in [0.25, 0.3) is 0 Å². The molecule has 2 heterocycles. The highest BCUT2D eigenvalue weighted by atomic mass is 16.2. The van der Waals surface area contributed by atoms with E-state index in [2.05, 4.69) is 48.2 Å². The molecular formula is C18H26N4O. The highest BCUT2D eigenvalue weighted by Gasteiger charge is 2.46. The molecule has 23 heavy (non-hydrogen) atoms. The van der Waals surface area contributed by atoms with Crippen molar-refractivity contribution in [2.45, 2.75) is 43.3 Å². The second-order valence-electron chi connectivity index (χ2n) is 7.44. The summed E-state index contributed by atoms with van der Waals surface area (Å²) in [6.45, 7) is 1.60. The number of carbonyl (C=O) groups excluding carboxylic acids is 1. The molecule has 3 fully saturated rings. The second kappa shape index (κ2) is 5.30. The van der Waals surface area contributed by atoms with Gasteiger partial charge in [-0.15, -0.1) is 0 Å². The summed E-state index contributed by atoms with van der Waals surface area (Å²) in [7, 11) is 4.32. The topological polar surface area (TPSA) is 52.8 Å². The Morgan fingerprint density at radius 1 is 1.22 bits per heavy atom.